The van der Waals surface area contributed by atoms with Crippen molar-refractivity contribution in [3.05, 3.63) is 55.1 Å². The van der Waals surface area contributed by atoms with Gasteiger partial charge < -0.3 is 14.3 Å². The number of hydrogen-bond acceptors (Lipinski definition) is 4. The first-order chi connectivity index (χ1) is 11.5. The number of rotatable bonds is 2. The first-order valence-corrected chi connectivity index (χ1v) is 8.34. The SMILES string of the molecule is C#Cc1cc(-c2cc(=O)c3cc(Br)c(OC)c(Br)c3o2)ccc1O. The number of phenols is 1. The van der Waals surface area contributed by atoms with E-state index in [-0.39, 0.29) is 11.2 Å². The van der Waals surface area contributed by atoms with Crippen LogP contribution in [0.15, 0.2) is 48.5 Å². The van der Waals surface area contributed by atoms with Crippen LogP contribution in [0, 0.1) is 12.3 Å². The van der Waals surface area contributed by atoms with Crippen LogP contribution >= 0.6 is 31.9 Å². The smallest absolute Gasteiger partial charge is 0.193 e. The zero-order valence-electron chi connectivity index (χ0n) is 12.4. The Morgan fingerprint density at radius 1 is 1.25 bits per heavy atom. The summed E-state index contributed by atoms with van der Waals surface area (Å²) in [6, 6.07) is 7.72. The maximum Gasteiger partial charge on any atom is 0.193 e. The van der Waals surface area contributed by atoms with E-state index in [2.05, 4.69) is 37.8 Å². The van der Waals surface area contributed by atoms with E-state index in [0.29, 0.717) is 42.6 Å². The minimum absolute atomic E-state index is 0.00355. The van der Waals surface area contributed by atoms with Gasteiger partial charge >= 0.3 is 0 Å². The molecule has 0 radical (unpaired) electrons. The van der Waals surface area contributed by atoms with Crippen molar-refractivity contribution in [2.45, 2.75) is 0 Å². The van der Waals surface area contributed by atoms with Crippen LogP contribution in [0.5, 0.6) is 11.5 Å². The highest BCUT2D eigenvalue weighted by Crippen LogP contribution is 2.39. The maximum atomic E-state index is 12.5. The molecule has 3 aromatic rings. The lowest BCUT2D eigenvalue weighted by Crippen LogP contribution is -2.02. The van der Waals surface area contributed by atoms with E-state index in [1.165, 1.54) is 19.2 Å². The van der Waals surface area contributed by atoms with Gasteiger partial charge in [0.05, 0.1) is 22.5 Å². The van der Waals surface area contributed by atoms with Gasteiger partial charge in [0.25, 0.3) is 0 Å². The van der Waals surface area contributed by atoms with Crippen LogP contribution in [0.2, 0.25) is 0 Å². The van der Waals surface area contributed by atoms with E-state index in [0.717, 1.165) is 0 Å². The van der Waals surface area contributed by atoms with Crippen molar-refractivity contribution in [3.8, 4) is 35.2 Å². The van der Waals surface area contributed by atoms with E-state index in [1.54, 1.807) is 18.2 Å². The van der Waals surface area contributed by atoms with Crippen molar-refractivity contribution in [2.75, 3.05) is 7.11 Å². The summed E-state index contributed by atoms with van der Waals surface area (Å²) in [4.78, 5) is 12.5. The molecule has 0 aliphatic carbocycles. The van der Waals surface area contributed by atoms with E-state index in [4.69, 9.17) is 15.6 Å². The molecule has 0 aliphatic rings. The summed E-state index contributed by atoms with van der Waals surface area (Å²) in [7, 11) is 1.53. The molecule has 1 heterocycles. The van der Waals surface area contributed by atoms with Crippen LogP contribution in [0.4, 0.5) is 0 Å². The normalized spacial score (nSPS) is 10.6. The number of aromatic hydroxyl groups is 1. The van der Waals surface area contributed by atoms with Crippen LogP contribution in [-0.2, 0) is 0 Å². The lowest BCUT2D eigenvalue weighted by atomic mass is 10.1. The van der Waals surface area contributed by atoms with Crippen LogP contribution < -0.4 is 10.2 Å². The fraction of sp³-hybridized carbons (Fsp3) is 0.0556. The number of methoxy groups -OCH3 is 1. The first-order valence-electron chi connectivity index (χ1n) is 6.76. The first kappa shape index (κ1) is 16.6. The van der Waals surface area contributed by atoms with Crippen LogP contribution in [0.1, 0.15) is 5.56 Å². The average Bonchev–Trinajstić information content (AvgIpc) is 2.56. The van der Waals surface area contributed by atoms with Gasteiger partial charge in [-0.2, -0.15) is 0 Å². The van der Waals surface area contributed by atoms with Crippen molar-refractivity contribution >= 4 is 42.8 Å². The molecule has 6 heteroatoms. The molecule has 4 nitrogen and oxygen atoms in total. The molecule has 0 saturated heterocycles. The van der Waals surface area contributed by atoms with Crippen molar-refractivity contribution in [2.24, 2.45) is 0 Å². The highest BCUT2D eigenvalue weighted by atomic mass is 79.9. The van der Waals surface area contributed by atoms with Crippen molar-refractivity contribution in [1.82, 2.24) is 0 Å². The minimum Gasteiger partial charge on any atom is -0.507 e. The lowest BCUT2D eigenvalue weighted by molar-refractivity contribution is 0.409. The molecule has 3 rings (SSSR count). The number of halogens is 2. The highest BCUT2D eigenvalue weighted by molar-refractivity contribution is 9.11. The molecule has 0 fully saturated rings. The van der Waals surface area contributed by atoms with Crippen molar-refractivity contribution in [3.63, 3.8) is 0 Å². The second-order valence-corrected chi connectivity index (χ2v) is 6.58. The molecule has 0 aliphatic heterocycles. The van der Waals surface area contributed by atoms with Gasteiger partial charge in [-0.05, 0) is 56.1 Å². The lowest BCUT2D eigenvalue weighted by Gasteiger charge is -2.10. The molecule has 24 heavy (non-hydrogen) atoms. The predicted octanol–water partition coefficient (Wildman–Crippen LogP) is 4.68. The molecule has 120 valence electrons. The Bertz CT molecular complexity index is 1060. The summed E-state index contributed by atoms with van der Waals surface area (Å²) < 4.78 is 12.4. The third-order valence-corrected chi connectivity index (χ3v) is 4.82. The average molecular weight is 450 g/mol. The Labute approximate surface area is 154 Å². The van der Waals surface area contributed by atoms with Gasteiger partial charge in [0.15, 0.2) is 16.8 Å². The summed E-state index contributed by atoms with van der Waals surface area (Å²) in [6.07, 6.45) is 5.37. The summed E-state index contributed by atoms with van der Waals surface area (Å²) in [5.74, 6) is 3.25. The molecule has 0 unspecified atom stereocenters. The van der Waals surface area contributed by atoms with Crippen LogP contribution in [0.25, 0.3) is 22.3 Å². The van der Waals surface area contributed by atoms with Gasteiger partial charge in [-0.1, -0.05) is 5.92 Å². The zero-order chi connectivity index (χ0) is 17.4. The molecule has 2 aromatic carbocycles. The standard InChI is InChI=1S/C18H10Br2O4/c1-3-9-6-10(4-5-13(9)21)15-8-14(22)11-7-12(19)18(23-2)16(20)17(11)24-15/h1,4-8,21H,2H3. The topological polar surface area (TPSA) is 59.7 Å². The van der Waals surface area contributed by atoms with Crippen LogP contribution in [-0.4, -0.2) is 12.2 Å². The molecule has 0 bridgehead atoms. The molecule has 0 amide bonds. The fourth-order valence-corrected chi connectivity index (χ4v) is 3.86. The van der Waals surface area contributed by atoms with Gasteiger partial charge in [-0.3, -0.25) is 4.79 Å². The van der Waals surface area contributed by atoms with Gasteiger partial charge in [-0.15, -0.1) is 6.42 Å². The number of hydrogen-bond donors (Lipinski definition) is 1. The summed E-state index contributed by atoms with van der Waals surface area (Å²) in [5, 5.41) is 10.1. The Morgan fingerprint density at radius 2 is 2.00 bits per heavy atom. The van der Waals surface area contributed by atoms with E-state index < -0.39 is 0 Å². The van der Waals surface area contributed by atoms with Gasteiger partial charge in [0.2, 0.25) is 0 Å². The summed E-state index contributed by atoms with van der Waals surface area (Å²) in [6.45, 7) is 0. The predicted molar refractivity (Wildman–Crippen MR) is 99.5 cm³/mol. The molecule has 0 atom stereocenters. The molecule has 1 aromatic heterocycles. The number of terminal acetylenes is 1. The Kier molecular flexibility index (Phi) is 4.39. The van der Waals surface area contributed by atoms with Gasteiger partial charge in [0, 0.05) is 11.6 Å². The third kappa shape index (κ3) is 2.70. The van der Waals surface area contributed by atoms with E-state index in [9.17, 15) is 9.90 Å². The Hall–Kier alpha value is -2.23. The quantitative estimate of drug-likeness (QED) is 0.577. The monoisotopic (exact) mass is 448 g/mol. The zero-order valence-corrected chi connectivity index (χ0v) is 15.6. The van der Waals surface area contributed by atoms with Crippen LogP contribution in [0.3, 0.4) is 0 Å². The second kappa shape index (κ2) is 6.34. The largest absolute Gasteiger partial charge is 0.507 e. The summed E-state index contributed by atoms with van der Waals surface area (Å²) >= 11 is 6.78. The third-order valence-electron chi connectivity index (χ3n) is 3.51. The molecule has 0 spiro atoms. The highest BCUT2D eigenvalue weighted by Gasteiger charge is 2.17. The maximum absolute atomic E-state index is 12.5. The molecular formula is C18H10Br2O4. The van der Waals surface area contributed by atoms with Crippen molar-refractivity contribution in [1.29, 1.82) is 0 Å². The molecule has 0 saturated carbocycles. The molecular weight excluding hydrogens is 440 g/mol. The fourth-order valence-electron chi connectivity index (χ4n) is 2.34. The number of benzene rings is 2. The Balaban J connectivity index is 2.32. The van der Waals surface area contributed by atoms with Crippen molar-refractivity contribution < 1.29 is 14.3 Å². The number of fused-ring (bicyclic) bond motifs is 1. The van der Waals surface area contributed by atoms with E-state index >= 15 is 0 Å². The number of ether oxygens (including phenoxy) is 1. The molecule has 1 N–H and O–H groups in total. The Morgan fingerprint density at radius 3 is 2.67 bits per heavy atom. The minimum atomic E-state index is -0.203. The number of phenolic OH excluding ortho intramolecular Hbond substituents is 1. The second-order valence-electron chi connectivity index (χ2n) is 4.93. The van der Waals surface area contributed by atoms with Gasteiger partial charge in [-0.25, -0.2) is 0 Å². The summed E-state index contributed by atoms with van der Waals surface area (Å²) in [5.41, 5.74) is 1.08. The van der Waals surface area contributed by atoms with Gasteiger partial charge in [0.1, 0.15) is 16.0 Å². The van der Waals surface area contributed by atoms with E-state index in [1.807, 2.05) is 0 Å².